The van der Waals surface area contributed by atoms with Gasteiger partial charge in [0.1, 0.15) is 0 Å². The molecule has 2 aromatic rings. The van der Waals surface area contributed by atoms with Crippen molar-refractivity contribution >= 4 is 17.5 Å². The van der Waals surface area contributed by atoms with Gasteiger partial charge >= 0.3 is 0 Å². The molecule has 0 saturated carbocycles. The zero-order chi connectivity index (χ0) is 18.4. The summed E-state index contributed by atoms with van der Waals surface area (Å²) in [7, 11) is 0. The van der Waals surface area contributed by atoms with Crippen LogP contribution in [0.2, 0.25) is 0 Å². The first-order chi connectivity index (χ1) is 12.5. The fourth-order valence-corrected chi connectivity index (χ4v) is 3.47. The summed E-state index contributed by atoms with van der Waals surface area (Å²) >= 11 is 0. The molecule has 0 spiro atoms. The van der Waals surface area contributed by atoms with Gasteiger partial charge in [0, 0.05) is 0 Å². The summed E-state index contributed by atoms with van der Waals surface area (Å²) in [4.78, 5) is 27.0. The van der Waals surface area contributed by atoms with Gasteiger partial charge < -0.3 is 0 Å². The second kappa shape index (κ2) is 6.05. The van der Waals surface area contributed by atoms with Gasteiger partial charge in [0.05, 0.1) is 12.2 Å². The molecule has 132 valence electrons. The third-order valence-electron chi connectivity index (χ3n) is 5.03. The SMILES string of the molecule is Cc1cccc(CN2N=N[C@H]3C(=O)N(c4ccc(C)c(C)c4)C(=O)[C@@H]32)c1. The molecule has 2 aliphatic heterocycles. The molecular formula is C20H20N4O2. The van der Waals surface area contributed by atoms with Crippen LogP contribution in [0.3, 0.4) is 0 Å². The Balaban J connectivity index is 1.62. The number of amides is 2. The van der Waals surface area contributed by atoms with Crippen molar-refractivity contribution in [1.82, 2.24) is 5.01 Å². The molecule has 0 N–H and O–H groups in total. The Morgan fingerprint density at radius 2 is 1.77 bits per heavy atom. The first kappa shape index (κ1) is 16.4. The molecule has 2 aromatic carbocycles. The lowest BCUT2D eigenvalue weighted by Gasteiger charge is -2.21. The lowest BCUT2D eigenvalue weighted by atomic mass is 10.1. The zero-order valence-corrected chi connectivity index (χ0v) is 15.0. The van der Waals surface area contributed by atoms with Gasteiger partial charge in [-0.15, -0.1) is 0 Å². The summed E-state index contributed by atoms with van der Waals surface area (Å²) in [5.41, 5.74) is 4.94. The minimum atomic E-state index is -0.756. The molecule has 2 aliphatic rings. The molecule has 2 atom stereocenters. The smallest absolute Gasteiger partial charge is 0.263 e. The number of carbonyl (C=O) groups is 2. The molecule has 1 saturated heterocycles. The fraction of sp³-hybridized carbons (Fsp3) is 0.300. The first-order valence-corrected chi connectivity index (χ1v) is 8.64. The minimum absolute atomic E-state index is 0.263. The third-order valence-corrected chi connectivity index (χ3v) is 5.03. The van der Waals surface area contributed by atoms with E-state index >= 15 is 0 Å². The number of carbonyl (C=O) groups excluding carboxylic acids is 2. The summed E-state index contributed by atoms with van der Waals surface area (Å²) in [5.74, 6) is -0.570. The van der Waals surface area contributed by atoms with Crippen LogP contribution in [-0.2, 0) is 16.1 Å². The Bertz CT molecular complexity index is 937. The van der Waals surface area contributed by atoms with Crippen LogP contribution in [0.15, 0.2) is 52.8 Å². The van der Waals surface area contributed by atoms with Crippen LogP contribution >= 0.6 is 0 Å². The summed E-state index contributed by atoms with van der Waals surface area (Å²) in [6.45, 7) is 6.43. The second-order valence-corrected chi connectivity index (χ2v) is 6.96. The Hall–Kier alpha value is -3.02. The highest BCUT2D eigenvalue weighted by Gasteiger charge is 2.54. The van der Waals surface area contributed by atoms with E-state index < -0.39 is 12.1 Å². The number of hydrogen-bond acceptors (Lipinski definition) is 5. The number of hydrogen-bond donors (Lipinski definition) is 0. The minimum Gasteiger partial charge on any atom is -0.271 e. The molecule has 0 bridgehead atoms. The molecule has 2 amide bonds. The highest BCUT2D eigenvalue weighted by molar-refractivity contribution is 6.25. The molecule has 0 aromatic heterocycles. The van der Waals surface area contributed by atoms with Gasteiger partial charge in [0.2, 0.25) is 0 Å². The molecule has 1 fully saturated rings. The molecule has 0 radical (unpaired) electrons. The number of imide groups is 1. The van der Waals surface area contributed by atoms with Crippen molar-refractivity contribution in [2.75, 3.05) is 4.90 Å². The Labute approximate surface area is 152 Å². The van der Waals surface area contributed by atoms with E-state index in [1.54, 1.807) is 11.1 Å². The van der Waals surface area contributed by atoms with Gasteiger partial charge in [-0.05, 0) is 49.6 Å². The van der Waals surface area contributed by atoms with Gasteiger partial charge in [0.25, 0.3) is 11.8 Å². The quantitative estimate of drug-likeness (QED) is 0.801. The highest BCUT2D eigenvalue weighted by Crippen LogP contribution is 2.33. The van der Waals surface area contributed by atoms with Crippen molar-refractivity contribution in [3.05, 3.63) is 64.7 Å². The van der Waals surface area contributed by atoms with Gasteiger partial charge in [-0.25, -0.2) is 4.90 Å². The van der Waals surface area contributed by atoms with Crippen LogP contribution in [0.25, 0.3) is 0 Å². The van der Waals surface area contributed by atoms with Gasteiger partial charge in [-0.2, -0.15) is 5.11 Å². The second-order valence-electron chi connectivity index (χ2n) is 6.96. The van der Waals surface area contributed by atoms with E-state index in [9.17, 15) is 9.59 Å². The number of nitrogens with zero attached hydrogens (tertiary/aromatic N) is 4. The van der Waals surface area contributed by atoms with E-state index in [4.69, 9.17) is 0 Å². The summed E-state index contributed by atoms with van der Waals surface area (Å²) in [6.07, 6.45) is 0. The zero-order valence-electron chi connectivity index (χ0n) is 15.0. The maximum atomic E-state index is 13.0. The van der Waals surface area contributed by atoms with Crippen molar-refractivity contribution in [2.45, 2.75) is 39.4 Å². The summed E-state index contributed by atoms with van der Waals surface area (Å²) in [6, 6.07) is 12.2. The average molecular weight is 348 g/mol. The Morgan fingerprint density at radius 3 is 2.50 bits per heavy atom. The highest BCUT2D eigenvalue weighted by atomic mass is 16.2. The molecule has 2 heterocycles. The van der Waals surface area contributed by atoms with E-state index in [0.29, 0.717) is 12.2 Å². The van der Waals surface area contributed by atoms with Crippen LogP contribution < -0.4 is 4.90 Å². The Kier molecular flexibility index (Phi) is 3.83. The molecule has 26 heavy (non-hydrogen) atoms. The van der Waals surface area contributed by atoms with Crippen molar-refractivity contribution < 1.29 is 9.59 Å². The van der Waals surface area contributed by atoms with Gasteiger partial charge in [0.15, 0.2) is 12.1 Å². The lowest BCUT2D eigenvalue weighted by molar-refractivity contribution is -0.123. The summed E-state index contributed by atoms with van der Waals surface area (Å²) < 4.78 is 0. The van der Waals surface area contributed by atoms with E-state index in [2.05, 4.69) is 10.3 Å². The van der Waals surface area contributed by atoms with Crippen molar-refractivity contribution in [1.29, 1.82) is 0 Å². The van der Waals surface area contributed by atoms with E-state index in [-0.39, 0.29) is 11.8 Å². The van der Waals surface area contributed by atoms with Crippen molar-refractivity contribution in [3.8, 4) is 0 Å². The predicted molar refractivity (Wildman–Crippen MR) is 97.6 cm³/mol. The monoisotopic (exact) mass is 348 g/mol. The largest absolute Gasteiger partial charge is 0.271 e. The molecule has 0 aliphatic carbocycles. The number of benzene rings is 2. The standard InChI is InChI=1S/C20H20N4O2/c1-12-5-4-6-15(9-12)11-23-18-17(21-22-23)19(25)24(20(18)26)16-8-7-13(2)14(3)10-16/h4-10,17-18H,11H2,1-3H3/t17-,18-/m1/s1. The molecule has 6 heteroatoms. The van der Waals surface area contributed by atoms with Crippen molar-refractivity contribution in [2.24, 2.45) is 10.3 Å². The molecule has 4 rings (SSSR count). The number of rotatable bonds is 3. The first-order valence-electron chi connectivity index (χ1n) is 8.64. The average Bonchev–Trinajstić information content (AvgIpc) is 3.11. The number of fused-ring (bicyclic) bond motifs is 1. The van der Waals surface area contributed by atoms with Crippen LogP contribution in [0.1, 0.15) is 22.3 Å². The maximum Gasteiger partial charge on any atom is 0.263 e. The number of aryl methyl sites for hydroxylation is 3. The molecule has 0 unspecified atom stereocenters. The van der Waals surface area contributed by atoms with Gasteiger partial charge in [-0.1, -0.05) is 41.1 Å². The fourth-order valence-electron chi connectivity index (χ4n) is 3.47. The topological polar surface area (TPSA) is 65.3 Å². The molecule has 6 nitrogen and oxygen atoms in total. The number of anilines is 1. The van der Waals surface area contributed by atoms with Crippen LogP contribution in [0.4, 0.5) is 5.69 Å². The molecular weight excluding hydrogens is 328 g/mol. The van der Waals surface area contributed by atoms with E-state index in [1.165, 1.54) is 4.90 Å². The van der Waals surface area contributed by atoms with Crippen molar-refractivity contribution in [3.63, 3.8) is 0 Å². The van der Waals surface area contributed by atoms with E-state index in [0.717, 1.165) is 22.3 Å². The van der Waals surface area contributed by atoms with E-state index in [1.807, 2.05) is 57.2 Å². The normalized spacial score (nSPS) is 21.7. The van der Waals surface area contributed by atoms with Crippen LogP contribution in [-0.4, -0.2) is 28.9 Å². The lowest BCUT2D eigenvalue weighted by Crippen LogP contribution is -2.39. The maximum absolute atomic E-state index is 13.0. The van der Waals surface area contributed by atoms with Crippen LogP contribution in [0.5, 0.6) is 0 Å². The Morgan fingerprint density at radius 1 is 0.962 bits per heavy atom. The van der Waals surface area contributed by atoms with Crippen LogP contribution in [0, 0.1) is 20.8 Å². The summed E-state index contributed by atoms with van der Waals surface area (Å²) in [5, 5.41) is 9.81. The third kappa shape index (κ3) is 2.58. The predicted octanol–water partition coefficient (Wildman–Crippen LogP) is 3.11. The van der Waals surface area contributed by atoms with Gasteiger partial charge in [-0.3, -0.25) is 14.6 Å².